The number of halogens is 4. The SMILES string of the molecule is CSc1ncc(C(F)(F)F)cc1Cl. The van der Waals surface area contributed by atoms with E-state index in [0.29, 0.717) is 5.03 Å². The van der Waals surface area contributed by atoms with Crippen molar-refractivity contribution in [1.29, 1.82) is 0 Å². The molecule has 6 heteroatoms. The molecule has 0 saturated carbocycles. The van der Waals surface area contributed by atoms with Crippen LogP contribution in [0.4, 0.5) is 13.2 Å². The zero-order valence-electron chi connectivity index (χ0n) is 6.52. The summed E-state index contributed by atoms with van der Waals surface area (Å²) in [5.74, 6) is 0. The van der Waals surface area contributed by atoms with Crippen LogP contribution in [0.25, 0.3) is 0 Å². The molecule has 0 aliphatic rings. The molecule has 72 valence electrons. The second-order valence-electron chi connectivity index (χ2n) is 2.21. The van der Waals surface area contributed by atoms with Crippen LogP contribution in [0.15, 0.2) is 17.3 Å². The van der Waals surface area contributed by atoms with E-state index in [1.807, 2.05) is 0 Å². The number of aromatic nitrogens is 1. The lowest BCUT2D eigenvalue weighted by Gasteiger charge is -2.07. The van der Waals surface area contributed by atoms with Crippen molar-refractivity contribution in [3.05, 3.63) is 22.8 Å². The molecule has 13 heavy (non-hydrogen) atoms. The largest absolute Gasteiger partial charge is 0.417 e. The van der Waals surface area contributed by atoms with E-state index in [9.17, 15) is 13.2 Å². The van der Waals surface area contributed by atoms with E-state index in [1.165, 1.54) is 11.8 Å². The average Bonchev–Trinajstić information content (AvgIpc) is 2.02. The van der Waals surface area contributed by atoms with Crippen molar-refractivity contribution in [2.75, 3.05) is 6.26 Å². The van der Waals surface area contributed by atoms with Crippen molar-refractivity contribution in [3.8, 4) is 0 Å². The van der Waals surface area contributed by atoms with Gasteiger partial charge in [0, 0.05) is 6.20 Å². The van der Waals surface area contributed by atoms with Gasteiger partial charge in [-0.15, -0.1) is 11.8 Å². The topological polar surface area (TPSA) is 12.9 Å². The van der Waals surface area contributed by atoms with Gasteiger partial charge in [0.25, 0.3) is 0 Å². The smallest absolute Gasteiger partial charge is 0.248 e. The van der Waals surface area contributed by atoms with Crippen molar-refractivity contribution >= 4 is 23.4 Å². The Labute approximate surface area is 82.3 Å². The molecule has 0 atom stereocenters. The standard InChI is InChI=1S/C7H5ClF3NS/c1-13-6-5(8)2-4(3-12-6)7(9,10)11/h2-3H,1H3. The third-order valence-electron chi connectivity index (χ3n) is 1.33. The highest BCUT2D eigenvalue weighted by atomic mass is 35.5. The molecule has 0 fully saturated rings. The minimum Gasteiger partial charge on any atom is -0.248 e. The van der Waals surface area contributed by atoms with Crippen LogP contribution in [0.3, 0.4) is 0 Å². The average molecular weight is 228 g/mol. The van der Waals surface area contributed by atoms with Crippen LogP contribution in [0.1, 0.15) is 5.56 Å². The molecule has 0 amide bonds. The fraction of sp³-hybridized carbons (Fsp3) is 0.286. The van der Waals surface area contributed by atoms with Crippen LogP contribution >= 0.6 is 23.4 Å². The Bertz CT molecular complexity index is 313. The summed E-state index contributed by atoms with van der Waals surface area (Å²) >= 11 is 6.76. The van der Waals surface area contributed by atoms with E-state index in [2.05, 4.69) is 4.98 Å². The lowest BCUT2D eigenvalue weighted by Crippen LogP contribution is -2.05. The Morgan fingerprint density at radius 1 is 1.46 bits per heavy atom. The van der Waals surface area contributed by atoms with Gasteiger partial charge in [-0.25, -0.2) is 4.98 Å². The van der Waals surface area contributed by atoms with Gasteiger partial charge < -0.3 is 0 Å². The molecule has 0 radical (unpaired) electrons. The molecule has 0 N–H and O–H groups in total. The van der Waals surface area contributed by atoms with Gasteiger partial charge in [-0.3, -0.25) is 0 Å². The molecule has 0 spiro atoms. The minimum absolute atomic E-state index is 0.0299. The molecule has 1 rings (SSSR count). The highest BCUT2D eigenvalue weighted by Gasteiger charge is 2.31. The summed E-state index contributed by atoms with van der Waals surface area (Å²) in [6.45, 7) is 0. The summed E-state index contributed by atoms with van der Waals surface area (Å²) < 4.78 is 36.3. The molecule has 0 unspecified atom stereocenters. The lowest BCUT2D eigenvalue weighted by molar-refractivity contribution is -0.137. The van der Waals surface area contributed by atoms with E-state index in [1.54, 1.807) is 6.26 Å². The molecular weight excluding hydrogens is 223 g/mol. The predicted octanol–water partition coefficient (Wildman–Crippen LogP) is 3.48. The van der Waals surface area contributed by atoms with E-state index in [0.717, 1.165) is 12.3 Å². The van der Waals surface area contributed by atoms with Gasteiger partial charge in [0.1, 0.15) is 5.03 Å². The molecule has 0 saturated heterocycles. The summed E-state index contributed by atoms with van der Waals surface area (Å²) in [6.07, 6.45) is -1.91. The number of hydrogen-bond acceptors (Lipinski definition) is 2. The zero-order chi connectivity index (χ0) is 10.1. The van der Waals surface area contributed by atoms with E-state index in [4.69, 9.17) is 11.6 Å². The maximum atomic E-state index is 12.1. The van der Waals surface area contributed by atoms with Gasteiger partial charge in [-0.2, -0.15) is 13.2 Å². The molecule has 1 aromatic heterocycles. The highest BCUT2D eigenvalue weighted by molar-refractivity contribution is 7.98. The van der Waals surface area contributed by atoms with Crippen LogP contribution in [0.2, 0.25) is 5.02 Å². The van der Waals surface area contributed by atoms with Gasteiger partial charge in [0.2, 0.25) is 0 Å². The first-order chi connectivity index (χ1) is 5.95. The lowest BCUT2D eigenvalue weighted by atomic mass is 10.3. The summed E-state index contributed by atoms with van der Waals surface area (Å²) in [4.78, 5) is 3.57. The maximum Gasteiger partial charge on any atom is 0.417 e. The molecule has 1 heterocycles. The summed E-state index contributed by atoms with van der Waals surface area (Å²) in [6, 6.07) is 0.875. The van der Waals surface area contributed by atoms with E-state index in [-0.39, 0.29) is 5.02 Å². The Kier molecular flexibility index (Phi) is 3.08. The van der Waals surface area contributed by atoms with E-state index >= 15 is 0 Å². The number of rotatable bonds is 1. The van der Waals surface area contributed by atoms with Crippen molar-refractivity contribution in [2.24, 2.45) is 0 Å². The highest BCUT2D eigenvalue weighted by Crippen LogP contribution is 2.32. The third-order valence-corrected chi connectivity index (χ3v) is 2.44. The van der Waals surface area contributed by atoms with Crippen LogP contribution in [-0.2, 0) is 6.18 Å². The summed E-state index contributed by atoms with van der Waals surface area (Å²) in [5.41, 5.74) is -0.824. The monoisotopic (exact) mass is 227 g/mol. The van der Waals surface area contributed by atoms with Gasteiger partial charge in [-0.05, 0) is 12.3 Å². The second-order valence-corrected chi connectivity index (χ2v) is 3.41. The molecule has 0 aliphatic heterocycles. The first-order valence-corrected chi connectivity index (χ1v) is 4.82. The first-order valence-electron chi connectivity index (χ1n) is 3.22. The fourth-order valence-electron chi connectivity index (χ4n) is 0.731. The van der Waals surface area contributed by atoms with Gasteiger partial charge in [0.05, 0.1) is 10.6 Å². The Morgan fingerprint density at radius 3 is 2.46 bits per heavy atom. The van der Waals surface area contributed by atoms with Crippen LogP contribution in [-0.4, -0.2) is 11.2 Å². The van der Waals surface area contributed by atoms with Crippen LogP contribution in [0, 0.1) is 0 Å². The Hall–Kier alpha value is -0.420. The maximum absolute atomic E-state index is 12.1. The Balaban J connectivity index is 3.10. The quantitative estimate of drug-likeness (QED) is 0.682. The van der Waals surface area contributed by atoms with Crippen molar-refractivity contribution < 1.29 is 13.2 Å². The van der Waals surface area contributed by atoms with E-state index < -0.39 is 11.7 Å². The minimum atomic E-state index is -4.38. The number of nitrogens with zero attached hydrogens (tertiary/aromatic N) is 1. The number of hydrogen-bond donors (Lipinski definition) is 0. The van der Waals surface area contributed by atoms with Gasteiger partial charge in [0.15, 0.2) is 0 Å². The normalized spacial score (nSPS) is 11.8. The zero-order valence-corrected chi connectivity index (χ0v) is 8.09. The van der Waals surface area contributed by atoms with Crippen molar-refractivity contribution in [3.63, 3.8) is 0 Å². The molecule has 0 aromatic carbocycles. The third kappa shape index (κ3) is 2.51. The molecule has 1 nitrogen and oxygen atoms in total. The first kappa shape index (κ1) is 10.7. The second kappa shape index (κ2) is 3.75. The van der Waals surface area contributed by atoms with Crippen molar-refractivity contribution in [2.45, 2.75) is 11.2 Å². The number of pyridine rings is 1. The van der Waals surface area contributed by atoms with Crippen molar-refractivity contribution in [1.82, 2.24) is 4.98 Å². The fourth-order valence-corrected chi connectivity index (χ4v) is 1.54. The van der Waals surface area contributed by atoms with Gasteiger partial charge in [-0.1, -0.05) is 11.6 Å². The molecule has 0 bridgehead atoms. The number of alkyl halides is 3. The van der Waals surface area contributed by atoms with Gasteiger partial charge >= 0.3 is 6.18 Å². The van der Waals surface area contributed by atoms with Crippen LogP contribution < -0.4 is 0 Å². The summed E-state index contributed by atoms with van der Waals surface area (Å²) in [7, 11) is 0. The Morgan fingerprint density at radius 2 is 2.08 bits per heavy atom. The molecular formula is C7H5ClF3NS. The molecule has 0 aliphatic carbocycles. The molecule has 1 aromatic rings. The summed E-state index contributed by atoms with van der Waals surface area (Å²) in [5, 5.41) is 0.428. The van der Waals surface area contributed by atoms with Crippen LogP contribution in [0.5, 0.6) is 0 Å². The predicted molar refractivity (Wildman–Crippen MR) is 46.0 cm³/mol. The number of thioether (sulfide) groups is 1.